The molecule has 2 N–H and O–H groups in total. The van der Waals surface area contributed by atoms with Crippen LogP contribution in [0.2, 0.25) is 0 Å². The maximum Gasteiger partial charge on any atom is 0.406 e. The third kappa shape index (κ3) is 4.12. The molecule has 1 aliphatic rings. The molecule has 1 aromatic carbocycles. The summed E-state index contributed by atoms with van der Waals surface area (Å²) in [5, 5.41) is 3.12. The minimum absolute atomic E-state index is 0.108. The van der Waals surface area contributed by atoms with Crippen molar-refractivity contribution in [2.45, 2.75) is 38.0 Å². The van der Waals surface area contributed by atoms with Crippen molar-refractivity contribution in [1.29, 1.82) is 0 Å². The van der Waals surface area contributed by atoms with Crippen molar-refractivity contribution in [3.05, 3.63) is 62.8 Å². The molecule has 0 saturated heterocycles. The van der Waals surface area contributed by atoms with Crippen LogP contribution in [0.5, 0.6) is 0 Å². The van der Waals surface area contributed by atoms with E-state index in [1.165, 1.54) is 0 Å². The number of alkyl halides is 3. The van der Waals surface area contributed by atoms with Crippen LogP contribution in [0.4, 0.5) is 19.0 Å². The number of nitrogens with zero attached hydrogens (tertiary/aromatic N) is 1. The summed E-state index contributed by atoms with van der Waals surface area (Å²) >= 11 is 0. The number of aromatic nitrogens is 2. The van der Waals surface area contributed by atoms with Crippen molar-refractivity contribution >= 4 is 5.82 Å². The standard InChI is InChI=1S/C17H18F3N3O2/c18-17(19,20)10-23-14(24)9-13(22-16(23)25)21-15(12-7-4-8-12)11-5-2-1-3-6-11/h1-3,5-6,9,12,15,21H,4,7-8,10H2,(H,22,25). The van der Waals surface area contributed by atoms with Gasteiger partial charge in [0, 0.05) is 6.07 Å². The van der Waals surface area contributed by atoms with E-state index in [0.717, 1.165) is 30.9 Å². The fourth-order valence-corrected chi connectivity index (χ4v) is 3.00. The number of halogens is 3. The van der Waals surface area contributed by atoms with Crippen molar-refractivity contribution in [1.82, 2.24) is 9.55 Å². The minimum atomic E-state index is -4.63. The number of nitrogens with one attached hydrogen (secondary N) is 2. The molecule has 1 saturated carbocycles. The smallest absolute Gasteiger partial charge is 0.364 e. The molecule has 134 valence electrons. The molecule has 3 rings (SSSR count). The quantitative estimate of drug-likeness (QED) is 0.868. The Kier molecular flexibility index (Phi) is 4.69. The number of aromatic amines is 1. The van der Waals surface area contributed by atoms with E-state index in [0.29, 0.717) is 5.92 Å². The Balaban J connectivity index is 1.88. The largest absolute Gasteiger partial charge is 0.406 e. The van der Waals surface area contributed by atoms with Crippen LogP contribution in [0.15, 0.2) is 46.0 Å². The van der Waals surface area contributed by atoms with Gasteiger partial charge in [-0.15, -0.1) is 0 Å². The van der Waals surface area contributed by atoms with Crippen LogP contribution >= 0.6 is 0 Å². The van der Waals surface area contributed by atoms with Gasteiger partial charge in [0.2, 0.25) is 0 Å². The summed E-state index contributed by atoms with van der Waals surface area (Å²) in [6.45, 7) is -1.60. The van der Waals surface area contributed by atoms with Gasteiger partial charge in [-0.3, -0.25) is 14.3 Å². The molecule has 0 radical (unpaired) electrons. The molecule has 1 aliphatic carbocycles. The van der Waals surface area contributed by atoms with Crippen LogP contribution in [0.1, 0.15) is 30.9 Å². The highest BCUT2D eigenvalue weighted by molar-refractivity contribution is 5.38. The number of hydrogen-bond donors (Lipinski definition) is 2. The number of benzene rings is 1. The van der Waals surface area contributed by atoms with Gasteiger partial charge in [0.15, 0.2) is 0 Å². The predicted octanol–water partition coefficient (Wildman–Crippen LogP) is 3.05. The van der Waals surface area contributed by atoms with E-state index in [9.17, 15) is 22.8 Å². The molecule has 5 nitrogen and oxygen atoms in total. The second kappa shape index (κ2) is 6.78. The Hall–Kier alpha value is -2.51. The lowest BCUT2D eigenvalue weighted by molar-refractivity contribution is -0.141. The Labute approximate surface area is 141 Å². The van der Waals surface area contributed by atoms with Gasteiger partial charge in [0.25, 0.3) is 5.56 Å². The minimum Gasteiger partial charge on any atom is -0.364 e. The SMILES string of the molecule is O=c1cc(NC(c2ccccc2)C2CCC2)[nH]c(=O)n1CC(F)(F)F. The Morgan fingerprint density at radius 2 is 1.88 bits per heavy atom. The molecular weight excluding hydrogens is 335 g/mol. The van der Waals surface area contributed by atoms with Gasteiger partial charge in [-0.2, -0.15) is 13.2 Å². The topological polar surface area (TPSA) is 66.9 Å². The zero-order valence-corrected chi connectivity index (χ0v) is 13.3. The molecule has 1 fully saturated rings. The van der Waals surface area contributed by atoms with E-state index >= 15 is 0 Å². The fourth-order valence-electron chi connectivity index (χ4n) is 3.00. The highest BCUT2D eigenvalue weighted by Gasteiger charge is 2.31. The van der Waals surface area contributed by atoms with Crippen molar-refractivity contribution < 1.29 is 13.2 Å². The fraction of sp³-hybridized carbons (Fsp3) is 0.412. The average molecular weight is 353 g/mol. The Morgan fingerprint density at radius 1 is 1.20 bits per heavy atom. The summed E-state index contributed by atoms with van der Waals surface area (Å²) in [5.74, 6) is 0.484. The van der Waals surface area contributed by atoms with Crippen LogP contribution in [0.3, 0.4) is 0 Å². The van der Waals surface area contributed by atoms with Crippen LogP contribution < -0.4 is 16.6 Å². The van der Waals surface area contributed by atoms with E-state index in [2.05, 4.69) is 10.3 Å². The van der Waals surface area contributed by atoms with E-state index in [-0.39, 0.29) is 16.4 Å². The third-order valence-electron chi connectivity index (χ3n) is 4.45. The lowest BCUT2D eigenvalue weighted by Gasteiger charge is -2.35. The lowest BCUT2D eigenvalue weighted by atomic mass is 9.77. The molecule has 1 heterocycles. The van der Waals surface area contributed by atoms with Crippen molar-refractivity contribution in [2.24, 2.45) is 5.92 Å². The van der Waals surface area contributed by atoms with E-state index < -0.39 is 24.0 Å². The maximum atomic E-state index is 12.5. The second-order valence-corrected chi connectivity index (χ2v) is 6.25. The normalized spacial score (nSPS) is 16.3. The molecule has 8 heteroatoms. The van der Waals surface area contributed by atoms with Crippen molar-refractivity contribution in [3.63, 3.8) is 0 Å². The zero-order chi connectivity index (χ0) is 18.0. The molecule has 2 aromatic rings. The Bertz CT molecular complexity index is 807. The van der Waals surface area contributed by atoms with Crippen LogP contribution in [0.25, 0.3) is 0 Å². The first kappa shape index (κ1) is 17.3. The molecule has 1 atom stereocenters. The Morgan fingerprint density at radius 3 is 2.40 bits per heavy atom. The molecule has 0 bridgehead atoms. The van der Waals surface area contributed by atoms with Gasteiger partial charge in [-0.1, -0.05) is 36.8 Å². The van der Waals surface area contributed by atoms with E-state index in [1.807, 2.05) is 30.3 Å². The van der Waals surface area contributed by atoms with Gasteiger partial charge < -0.3 is 5.32 Å². The average Bonchev–Trinajstić information content (AvgIpc) is 2.49. The molecule has 1 aromatic heterocycles. The van der Waals surface area contributed by atoms with Gasteiger partial charge in [0.1, 0.15) is 12.4 Å². The molecular formula is C17H18F3N3O2. The first-order valence-electron chi connectivity index (χ1n) is 8.06. The summed E-state index contributed by atoms with van der Waals surface area (Å²) in [7, 11) is 0. The lowest BCUT2D eigenvalue weighted by Crippen LogP contribution is -2.40. The summed E-state index contributed by atoms with van der Waals surface area (Å²) in [5.41, 5.74) is -1.05. The highest BCUT2D eigenvalue weighted by Crippen LogP contribution is 2.39. The summed E-state index contributed by atoms with van der Waals surface area (Å²) in [6.07, 6.45) is -1.49. The van der Waals surface area contributed by atoms with Crippen LogP contribution in [0, 0.1) is 5.92 Å². The zero-order valence-electron chi connectivity index (χ0n) is 13.3. The van der Waals surface area contributed by atoms with Crippen molar-refractivity contribution in [2.75, 3.05) is 5.32 Å². The van der Waals surface area contributed by atoms with Gasteiger partial charge in [-0.25, -0.2) is 4.79 Å². The molecule has 0 spiro atoms. The monoisotopic (exact) mass is 353 g/mol. The van der Waals surface area contributed by atoms with Crippen LogP contribution in [-0.2, 0) is 6.54 Å². The predicted molar refractivity (Wildman–Crippen MR) is 87.5 cm³/mol. The summed E-state index contributed by atoms with van der Waals surface area (Å²) in [6, 6.07) is 10.5. The highest BCUT2D eigenvalue weighted by atomic mass is 19.4. The van der Waals surface area contributed by atoms with Crippen LogP contribution in [-0.4, -0.2) is 15.7 Å². The van der Waals surface area contributed by atoms with Gasteiger partial charge >= 0.3 is 11.9 Å². The molecule has 1 unspecified atom stereocenters. The maximum absolute atomic E-state index is 12.5. The molecule has 25 heavy (non-hydrogen) atoms. The summed E-state index contributed by atoms with van der Waals surface area (Å²) in [4.78, 5) is 26.1. The number of anilines is 1. The molecule has 0 amide bonds. The number of H-pyrrole nitrogens is 1. The van der Waals surface area contributed by atoms with Gasteiger partial charge in [-0.05, 0) is 24.3 Å². The first-order valence-corrected chi connectivity index (χ1v) is 8.06. The first-order chi connectivity index (χ1) is 11.8. The number of hydrogen-bond acceptors (Lipinski definition) is 3. The van der Waals surface area contributed by atoms with E-state index in [1.54, 1.807) is 0 Å². The van der Waals surface area contributed by atoms with E-state index in [4.69, 9.17) is 0 Å². The third-order valence-corrected chi connectivity index (χ3v) is 4.45. The van der Waals surface area contributed by atoms with Gasteiger partial charge in [0.05, 0.1) is 6.04 Å². The van der Waals surface area contributed by atoms with Crippen molar-refractivity contribution in [3.8, 4) is 0 Å². The number of rotatable bonds is 5. The molecule has 0 aliphatic heterocycles. The second-order valence-electron chi connectivity index (χ2n) is 6.25. The summed E-state index contributed by atoms with van der Waals surface area (Å²) < 4.78 is 37.5.